The van der Waals surface area contributed by atoms with E-state index in [1.54, 1.807) is 0 Å². The highest BCUT2D eigenvalue weighted by atomic mass is 16.5. The summed E-state index contributed by atoms with van der Waals surface area (Å²) in [7, 11) is 0. The molecule has 3 N–H and O–H groups in total. The Labute approximate surface area is 98.9 Å². The number of amides is 1. The summed E-state index contributed by atoms with van der Waals surface area (Å²) >= 11 is 0. The lowest BCUT2D eigenvalue weighted by molar-refractivity contribution is -0.131. The predicted molar refractivity (Wildman–Crippen MR) is 66.1 cm³/mol. The third-order valence-electron chi connectivity index (χ3n) is 2.04. The largest absolute Gasteiger partial charge is 0.366 e. The van der Waals surface area contributed by atoms with Crippen LogP contribution in [0.5, 0.6) is 0 Å². The van der Waals surface area contributed by atoms with Crippen molar-refractivity contribution in [1.82, 2.24) is 5.32 Å². The lowest BCUT2D eigenvalue weighted by atomic mass is 10.0. The van der Waals surface area contributed by atoms with Crippen LogP contribution in [0, 0.1) is 5.92 Å². The Morgan fingerprint density at radius 1 is 1.38 bits per heavy atom. The lowest BCUT2D eigenvalue weighted by Gasteiger charge is -2.22. The number of ether oxygens (including phenoxy) is 1. The number of carbonyl (C=O) groups is 1. The topological polar surface area (TPSA) is 64.3 Å². The molecule has 16 heavy (non-hydrogen) atoms. The Kier molecular flexibility index (Phi) is 6.60. The number of carbonyl (C=O) groups excluding carboxylic acids is 1. The van der Waals surface area contributed by atoms with Gasteiger partial charge in [-0.2, -0.15) is 0 Å². The quantitative estimate of drug-likeness (QED) is 0.722. The van der Waals surface area contributed by atoms with E-state index in [1.165, 1.54) is 0 Å². The molecule has 0 rings (SSSR count). The Morgan fingerprint density at radius 3 is 2.31 bits per heavy atom. The zero-order valence-electron chi connectivity index (χ0n) is 11.2. The first-order valence-corrected chi connectivity index (χ1v) is 5.88. The van der Waals surface area contributed by atoms with Crippen molar-refractivity contribution in [2.75, 3.05) is 13.2 Å². The van der Waals surface area contributed by atoms with Crippen LogP contribution in [0.4, 0.5) is 0 Å². The second-order valence-corrected chi connectivity index (χ2v) is 5.53. The van der Waals surface area contributed by atoms with Crippen molar-refractivity contribution in [3.05, 3.63) is 0 Å². The molecule has 1 atom stereocenters. The van der Waals surface area contributed by atoms with Gasteiger partial charge in [-0.1, -0.05) is 13.8 Å². The van der Waals surface area contributed by atoms with E-state index in [9.17, 15) is 4.79 Å². The van der Waals surface area contributed by atoms with Gasteiger partial charge >= 0.3 is 0 Å². The van der Waals surface area contributed by atoms with E-state index >= 15 is 0 Å². The lowest BCUT2D eigenvalue weighted by Crippen LogP contribution is -2.43. The van der Waals surface area contributed by atoms with Gasteiger partial charge < -0.3 is 15.8 Å². The van der Waals surface area contributed by atoms with E-state index in [2.05, 4.69) is 19.2 Å². The second-order valence-electron chi connectivity index (χ2n) is 5.53. The zero-order valence-corrected chi connectivity index (χ0v) is 11.2. The van der Waals surface area contributed by atoms with Crippen molar-refractivity contribution >= 4 is 5.91 Å². The van der Waals surface area contributed by atoms with Crippen LogP contribution in [0.25, 0.3) is 0 Å². The fourth-order valence-corrected chi connectivity index (χ4v) is 1.33. The highest BCUT2D eigenvalue weighted by molar-refractivity contribution is 5.77. The minimum atomic E-state index is -0.284. The molecule has 0 heterocycles. The first-order chi connectivity index (χ1) is 7.24. The summed E-state index contributed by atoms with van der Waals surface area (Å²) in [6.45, 7) is 10.6. The molecule has 0 spiro atoms. The maximum Gasteiger partial charge on any atom is 0.246 e. The van der Waals surface area contributed by atoms with Gasteiger partial charge in [0.25, 0.3) is 0 Å². The number of hydrogen-bond acceptors (Lipinski definition) is 3. The third-order valence-corrected chi connectivity index (χ3v) is 2.04. The van der Waals surface area contributed by atoms with E-state index in [4.69, 9.17) is 10.5 Å². The number of hydrogen-bond donors (Lipinski definition) is 2. The van der Waals surface area contributed by atoms with Gasteiger partial charge in [-0.3, -0.25) is 4.79 Å². The van der Waals surface area contributed by atoms with E-state index in [0.29, 0.717) is 12.5 Å². The summed E-state index contributed by atoms with van der Waals surface area (Å²) in [6, 6.07) is 0.0519. The molecule has 1 unspecified atom stereocenters. The van der Waals surface area contributed by atoms with Crippen LogP contribution in [0.3, 0.4) is 0 Å². The Balaban J connectivity index is 3.92. The van der Waals surface area contributed by atoms with Crippen molar-refractivity contribution in [3.8, 4) is 0 Å². The molecule has 0 aliphatic rings. The van der Waals surface area contributed by atoms with Crippen molar-refractivity contribution in [3.63, 3.8) is 0 Å². The molecule has 0 saturated carbocycles. The number of nitrogens with two attached hydrogens (primary N) is 1. The Morgan fingerprint density at radius 2 is 1.94 bits per heavy atom. The highest BCUT2D eigenvalue weighted by Crippen LogP contribution is 2.06. The van der Waals surface area contributed by atoms with Crippen LogP contribution < -0.4 is 11.1 Å². The van der Waals surface area contributed by atoms with Gasteiger partial charge in [0.05, 0.1) is 5.60 Å². The summed E-state index contributed by atoms with van der Waals surface area (Å²) in [5.41, 5.74) is 5.31. The Bertz CT molecular complexity index is 210. The SMILES string of the molecule is CC(C)CC(CN)NC(=O)COC(C)(C)C. The van der Waals surface area contributed by atoms with Gasteiger partial charge in [0, 0.05) is 12.6 Å². The molecule has 0 aromatic carbocycles. The fraction of sp³-hybridized carbons (Fsp3) is 0.917. The molecular weight excluding hydrogens is 204 g/mol. The highest BCUT2D eigenvalue weighted by Gasteiger charge is 2.16. The molecular formula is C12H26N2O2. The first-order valence-electron chi connectivity index (χ1n) is 5.88. The van der Waals surface area contributed by atoms with Crippen LogP contribution in [-0.2, 0) is 9.53 Å². The van der Waals surface area contributed by atoms with Gasteiger partial charge in [-0.15, -0.1) is 0 Å². The standard InChI is InChI=1S/C12H26N2O2/c1-9(2)6-10(7-13)14-11(15)8-16-12(3,4)5/h9-10H,6-8,13H2,1-5H3,(H,14,15). The maximum absolute atomic E-state index is 11.5. The molecule has 0 aromatic rings. The number of rotatable bonds is 6. The average molecular weight is 230 g/mol. The molecule has 0 bridgehead atoms. The van der Waals surface area contributed by atoms with Crippen LogP contribution in [0.1, 0.15) is 41.0 Å². The van der Waals surface area contributed by atoms with E-state index in [0.717, 1.165) is 6.42 Å². The van der Waals surface area contributed by atoms with Crippen LogP contribution >= 0.6 is 0 Å². The van der Waals surface area contributed by atoms with Gasteiger partial charge in [0.2, 0.25) is 5.91 Å². The maximum atomic E-state index is 11.5. The van der Waals surface area contributed by atoms with Gasteiger partial charge in [0.15, 0.2) is 0 Å². The summed E-state index contributed by atoms with van der Waals surface area (Å²) in [4.78, 5) is 11.5. The first kappa shape index (κ1) is 15.4. The molecule has 0 aromatic heterocycles. The fourth-order valence-electron chi connectivity index (χ4n) is 1.33. The number of nitrogens with one attached hydrogen (secondary N) is 1. The minimum absolute atomic E-state index is 0.0519. The normalized spacial score (nSPS) is 13.9. The summed E-state index contributed by atoms with van der Waals surface area (Å²) in [5.74, 6) is 0.434. The summed E-state index contributed by atoms with van der Waals surface area (Å²) in [6.07, 6.45) is 0.901. The van der Waals surface area contributed by atoms with Gasteiger partial charge in [-0.25, -0.2) is 0 Å². The summed E-state index contributed by atoms with van der Waals surface area (Å²) in [5, 5.41) is 2.88. The van der Waals surface area contributed by atoms with Crippen molar-refractivity contribution in [2.24, 2.45) is 11.7 Å². The van der Waals surface area contributed by atoms with E-state index in [-0.39, 0.29) is 24.2 Å². The summed E-state index contributed by atoms with van der Waals surface area (Å²) < 4.78 is 5.39. The van der Waals surface area contributed by atoms with Crippen LogP contribution in [-0.4, -0.2) is 30.7 Å². The second kappa shape index (κ2) is 6.86. The molecule has 0 aliphatic heterocycles. The van der Waals surface area contributed by atoms with Crippen molar-refractivity contribution in [2.45, 2.75) is 52.7 Å². The van der Waals surface area contributed by atoms with Crippen molar-refractivity contribution < 1.29 is 9.53 Å². The van der Waals surface area contributed by atoms with Gasteiger partial charge in [0.1, 0.15) is 6.61 Å². The van der Waals surface area contributed by atoms with E-state index < -0.39 is 0 Å². The van der Waals surface area contributed by atoms with Crippen LogP contribution in [0.15, 0.2) is 0 Å². The molecule has 4 heteroatoms. The third kappa shape index (κ3) is 8.68. The Hall–Kier alpha value is -0.610. The monoisotopic (exact) mass is 230 g/mol. The zero-order chi connectivity index (χ0) is 12.8. The molecule has 0 radical (unpaired) electrons. The van der Waals surface area contributed by atoms with Gasteiger partial charge in [-0.05, 0) is 33.1 Å². The molecule has 1 amide bonds. The van der Waals surface area contributed by atoms with Crippen LogP contribution in [0.2, 0.25) is 0 Å². The predicted octanol–water partition coefficient (Wildman–Crippen LogP) is 1.29. The molecule has 4 nitrogen and oxygen atoms in total. The molecule has 0 aliphatic carbocycles. The molecule has 0 saturated heterocycles. The molecule has 0 fully saturated rings. The molecule has 96 valence electrons. The minimum Gasteiger partial charge on any atom is -0.366 e. The van der Waals surface area contributed by atoms with E-state index in [1.807, 2.05) is 20.8 Å². The average Bonchev–Trinajstić information content (AvgIpc) is 2.12. The smallest absolute Gasteiger partial charge is 0.246 e. The van der Waals surface area contributed by atoms with Crippen molar-refractivity contribution in [1.29, 1.82) is 0 Å².